The van der Waals surface area contributed by atoms with E-state index in [1.807, 2.05) is 6.92 Å². The largest absolute Gasteiger partial charge is 0.464 e. The zero-order valence-corrected chi connectivity index (χ0v) is 16.7. The van der Waals surface area contributed by atoms with Crippen molar-refractivity contribution in [2.45, 2.75) is 27.2 Å². The van der Waals surface area contributed by atoms with E-state index in [1.54, 1.807) is 26.0 Å². The highest BCUT2D eigenvalue weighted by Crippen LogP contribution is 2.20. The van der Waals surface area contributed by atoms with Gasteiger partial charge in [0.1, 0.15) is 5.69 Å². The molecule has 0 aliphatic carbocycles. The van der Waals surface area contributed by atoms with Crippen LogP contribution in [-0.4, -0.2) is 61.0 Å². The lowest BCUT2D eigenvalue weighted by molar-refractivity contribution is 0.0593. The summed E-state index contributed by atoms with van der Waals surface area (Å²) in [4.78, 5) is 41.9. The Labute approximate surface area is 163 Å². The monoisotopic (exact) mass is 390 g/mol. The second kappa shape index (κ2) is 9.89. The number of ether oxygens (including phenoxy) is 2. The van der Waals surface area contributed by atoms with E-state index in [2.05, 4.69) is 4.98 Å². The molecule has 2 aromatic rings. The van der Waals surface area contributed by atoms with Crippen molar-refractivity contribution in [3.05, 3.63) is 46.7 Å². The molecule has 0 unspecified atom stereocenters. The van der Waals surface area contributed by atoms with Crippen molar-refractivity contribution in [3.8, 4) is 0 Å². The van der Waals surface area contributed by atoms with E-state index in [-0.39, 0.29) is 29.7 Å². The zero-order chi connectivity index (χ0) is 20.7. The van der Waals surface area contributed by atoms with E-state index in [9.17, 15) is 14.4 Å². The number of methoxy groups -OCH3 is 1. The van der Waals surface area contributed by atoms with E-state index in [1.165, 1.54) is 18.3 Å². The summed E-state index contributed by atoms with van der Waals surface area (Å²) in [5.74, 6) is -1.01. The van der Waals surface area contributed by atoms with Gasteiger partial charge in [0.15, 0.2) is 11.5 Å². The van der Waals surface area contributed by atoms with Crippen LogP contribution in [0, 0.1) is 13.8 Å². The zero-order valence-electron chi connectivity index (χ0n) is 16.7. The normalized spacial score (nSPS) is 10.7. The number of hydrogen-bond donors (Lipinski definition) is 1. The van der Waals surface area contributed by atoms with Crippen LogP contribution in [0.2, 0.25) is 0 Å². The average molecular weight is 390 g/mol. The Morgan fingerprint density at radius 2 is 2.00 bits per heavy atom. The molecule has 8 heteroatoms. The SMILES string of the molecule is CCOCCCN(CC(=O)c1c(C)[nH]c(C(=O)OC)c1C)C(=O)c1ccco1. The highest BCUT2D eigenvalue weighted by molar-refractivity contribution is 6.05. The van der Waals surface area contributed by atoms with Gasteiger partial charge in [0, 0.05) is 31.0 Å². The smallest absolute Gasteiger partial charge is 0.354 e. The van der Waals surface area contributed by atoms with Crippen molar-refractivity contribution in [2.75, 3.05) is 33.4 Å². The van der Waals surface area contributed by atoms with Crippen molar-refractivity contribution in [3.63, 3.8) is 0 Å². The van der Waals surface area contributed by atoms with Gasteiger partial charge >= 0.3 is 5.97 Å². The number of ketones is 1. The molecule has 0 aliphatic rings. The number of Topliss-reactive ketones (excluding diaryl/α,β-unsaturated/α-hetero) is 1. The molecule has 0 spiro atoms. The minimum atomic E-state index is -0.542. The molecule has 8 nitrogen and oxygen atoms in total. The molecule has 0 atom stereocenters. The van der Waals surface area contributed by atoms with Crippen LogP contribution in [0.15, 0.2) is 22.8 Å². The second-order valence-electron chi connectivity index (χ2n) is 6.29. The number of esters is 1. The van der Waals surface area contributed by atoms with Gasteiger partial charge in [0.2, 0.25) is 0 Å². The summed E-state index contributed by atoms with van der Waals surface area (Å²) in [6, 6.07) is 3.18. The molecule has 0 aliphatic heterocycles. The summed E-state index contributed by atoms with van der Waals surface area (Å²) in [6.07, 6.45) is 2.00. The molecular weight excluding hydrogens is 364 g/mol. The van der Waals surface area contributed by atoms with E-state index in [4.69, 9.17) is 13.9 Å². The molecule has 0 aromatic carbocycles. The minimum absolute atomic E-state index is 0.133. The van der Waals surface area contributed by atoms with Crippen molar-refractivity contribution in [2.24, 2.45) is 0 Å². The molecule has 2 aromatic heterocycles. The van der Waals surface area contributed by atoms with Crippen LogP contribution < -0.4 is 0 Å². The van der Waals surface area contributed by atoms with Gasteiger partial charge in [-0.2, -0.15) is 0 Å². The van der Waals surface area contributed by atoms with Crippen LogP contribution in [0.25, 0.3) is 0 Å². The summed E-state index contributed by atoms with van der Waals surface area (Å²) < 4.78 is 15.2. The summed E-state index contributed by atoms with van der Waals surface area (Å²) in [5, 5.41) is 0. The van der Waals surface area contributed by atoms with Gasteiger partial charge in [-0.1, -0.05) is 0 Å². The van der Waals surface area contributed by atoms with E-state index in [0.29, 0.717) is 43.0 Å². The van der Waals surface area contributed by atoms with Crippen molar-refractivity contribution in [1.29, 1.82) is 0 Å². The van der Waals surface area contributed by atoms with Gasteiger partial charge in [0.05, 0.1) is 19.9 Å². The fourth-order valence-corrected chi connectivity index (χ4v) is 3.04. The molecule has 2 heterocycles. The molecule has 0 bridgehead atoms. The predicted molar refractivity (Wildman–Crippen MR) is 102 cm³/mol. The van der Waals surface area contributed by atoms with Gasteiger partial charge in [-0.15, -0.1) is 0 Å². The van der Waals surface area contributed by atoms with Crippen LogP contribution in [-0.2, 0) is 9.47 Å². The molecule has 1 N–H and O–H groups in total. The number of aromatic nitrogens is 1. The lowest BCUT2D eigenvalue weighted by atomic mass is 10.0. The Hall–Kier alpha value is -2.87. The first-order chi connectivity index (χ1) is 13.4. The van der Waals surface area contributed by atoms with Gasteiger partial charge in [-0.25, -0.2) is 4.79 Å². The first-order valence-electron chi connectivity index (χ1n) is 9.11. The first-order valence-corrected chi connectivity index (χ1v) is 9.11. The molecule has 152 valence electrons. The van der Waals surface area contributed by atoms with Crippen molar-refractivity contribution in [1.82, 2.24) is 9.88 Å². The van der Waals surface area contributed by atoms with Crippen LogP contribution >= 0.6 is 0 Å². The summed E-state index contributed by atoms with van der Waals surface area (Å²) in [5.41, 5.74) is 1.70. The van der Waals surface area contributed by atoms with Gasteiger partial charge < -0.3 is 23.8 Å². The number of nitrogens with one attached hydrogen (secondary N) is 1. The fourth-order valence-electron chi connectivity index (χ4n) is 3.04. The topological polar surface area (TPSA) is 102 Å². The maximum atomic E-state index is 13.0. The van der Waals surface area contributed by atoms with Gasteiger partial charge in [-0.3, -0.25) is 9.59 Å². The standard InChI is InChI=1S/C20H26N2O6/c1-5-27-10-7-9-22(19(24)16-8-6-11-28-16)12-15(23)17-13(2)18(20(25)26-4)21-14(17)3/h6,8,11,21H,5,7,9-10,12H2,1-4H3. The summed E-state index contributed by atoms with van der Waals surface area (Å²) in [7, 11) is 1.28. The quantitative estimate of drug-likeness (QED) is 0.380. The van der Waals surface area contributed by atoms with Crippen LogP contribution in [0.4, 0.5) is 0 Å². The van der Waals surface area contributed by atoms with Crippen LogP contribution in [0.3, 0.4) is 0 Å². The Morgan fingerprint density at radius 3 is 2.61 bits per heavy atom. The Kier molecular flexibility index (Phi) is 7.57. The highest BCUT2D eigenvalue weighted by Gasteiger charge is 2.26. The molecule has 0 fully saturated rings. The third-order valence-corrected chi connectivity index (χ3v) is 4.38. The first kappa shape index (κ1) is 21.4. The number of carbonyl (C=O) groups excluding carboxylic acids is 3. The number of carbonyl (C=O) groups is 3. The summed E-state index contributed by atoms with van der Waals surface area (Å²) in [6.45, 7) is 6.57. The summed E-state index contributed by atoms with van der Waals surface area (Å²) >= 11 is 0. The lowest BCUT2D eigenvalue weighted by Gasteiger charge is -2.21. The fraction of sp³-hybridized carbons (Fsp3) is 0.450. The molecule has 28 heavy (non-hydrogen) atoms. The van der Waals surface area contributed by atoms with E-state index >= 15 is 0 Å². The Bertz CT molecular complexity index is 822. The number of rotatable bonds is 10. The van der Waals surface area contributed by atoms with Crippen LogP contribution in [0.1, 0.15) is 56.0 Å². The number of nitrogens with zero attached hydrogens (tertiary/aromatic N) is 1. The average Bonchev–Trinajstić information content (AvgIpc) is 3.31. The van der Waals surface area contributed by atoms with E-state index < -0.39 is 5.97 Å². The number of furan rings is 1. The van der Waals surface area contributed by atoms with Gasteiger partial charge in [-0.05, 0) is 44.9 Å². The van der Waals surface area contributed by atoms with Crippen molar-refractivity contribution >= 4 is 17.7 Å². The number of amides is 1. The number of aromatic amines is 1. The third-order valence-electron chi connectivity index (χ3n) is 4.38. The van der Waals surface area contributed by atoms with E-state index in [0.717, 1.165) is 0 Å². The number of aryl methyl sites for hydroxylation is 1. The Balaban J connectivity index is 2.21. The molecule has 2 rings (SSSR count). The molecule has 0 saturated heterocycles. The molecule has 1 amide bonds. The third kappa shape index (κ3) is 4.89. The number of H-pyrrole nitrogens is 1. The van der Waals surface area contributed by atoms with Gasteiger partial charge in [0.25, 0.3) is 5.91 Å². The van der Waals surface area contributed by atoms with Crippen LogP contribution in [0.5, 0.6) is 0 Å². The maximum absolute atomic E-state index is 13.0. The highest BCUT2D eigenvalue weighted by atomic mass is 16.5. The molecule has 0 saturated carbocycles. The second-order valence-corrected chi connectivity index (χ2v) is 6.29. The lowest BCUT2D eigenvalue weighted by Crippen LogP contribution is -2.37. The Morgan fingerprint density at radius 1 is 1.25 bits per heavy atom. The predicted octanol–water partition coefficient (Wildman–Crippen LogP) is 2.76. The molecule has 0 radical (unpaired) electrons. The van der Waals surface area contributed by atoms with Crippen molar-refractivity contribution < 1.29 is 28.3 Å². The minimum Gasteiger partial charge on any atom is -0.464 e. The number of hydrogen-bond acceptors (Lipinski definition) is 6. The molecular formula is C20H26N2O6. The maximum Gasteiger partial charge on any atom is 0.354 e.